The highest BCUT2D eigenvalue weighted by Crippen LogP contribution is 2.07. The first-order valence-corrected chi connectivity index (χ1v) is 5.68. The third kappa shape index (κ3) is 4.03. The molecule has 1 heterocycles. The highest BCUT2D eigenvalue weighted by Gasteiger charge is 2.13. The van der Waals surface area contributed by atoms with E-state index in [9.17, 15) is 9.90 Å². The molecule has 5 nitrogen and oxygen atoms in total. The van der Waals surface area contributed by atoms with Crippen molar-refractivity contribution in [3.8, 4) is 0 Å². The molecule has 1 amide bonds. The molecule has 0 saturated heterocycles. The maximum atomic E-state index is 11.9. The number of anilines is 1. The summed E-state index contributed by atoms with van der Waals surface area (Å²) in [5.41, 5.74) is 0.523. The summed E-state index contributed by atoms with van der Waals surface area (Å²) in [5, 5.41) is 12.3. The summed E-state index contributed by atoms with van der Waals surface area (Å²) in [6.07, 6.45) is 1.01. The van der Waals surface area contributed by atoms with Crippen molar-refractivity contribution in [1.29, 1.82) is 0 Å². The smallest absolute Gasteiger partial charge is 0.255 e. The van der Waals surface area contributed by atoms with Gasteiger partial charge in [-0.05, 0) is 26.0 Å². The standard InChI is InChI=1S/C12H19N3O2/c1-4-13-11-6-5-10(7-14-11)12(17)15(3)8-9(2)16/h5-7,9,16H,4,8H2,1-3H3,(H,13,14). The van der Waals surface area contributed by atoms with Crippen LogP contribution in [0.15, 0.2) is 18.3 Å². The molecular weight excluding hydrogens is 218 g/mol. The molecule has 0 aliphatic rings. The third-order valence-corrected chi connectivity index (χ3v) is 2.25. The zero-order valence-electron chi connectivity index (χ0n) is 10.5. The molecule has 0 spiro atoms. The summed E-state index contributed by atoms with van der Waals surface area (Å²) in [5.74, 6) is 0.615. The first-order valence-electron chi connectivity index (χ1n) is 5.68. The summed E-state index contributed by atoms with van der Waals surface area (Å²) in [4.78, 5) is 17.5. The largest absolute Gasteiger partial charge is 0.392 e. The maximum absolute atomic E-state index is 11.9. The Labute approximate surface area is 101 Å². The minimum Gasteiger partial charge on any atom is -0.392 e. The van der Waals surface area contributed by atoms with Crippen LogP contribution in [0.4, 0.5) is 5.82 Å². The van der Waals surface area contributed by atoms with Crippen molar-refractivity contribution in [2.24, 2.45) is 0 Å². The Morgan fingerprint density at radius 3 is 2.76 bits per heavy atom. The molecular formula is C12H19N3O2. The molecule has 94 valence electrons. The van der Waals surface area contributed by atoms with E-state index in [1.54, 1.807) is 32.3 Å². The fourth-order valence-corrected chi connectivity index (χ4v) is 1.51. The number of aromatic nitrogens is 1. The van der Waals surface area contributed by atoms with Crippen molar-refractivity contribution in [2.45, 2.75) is 20.0 Å². The van der Waals surface area contributed by atoms with Crippen LogP contribution in [0.2, 0.25) is 0 Å². The molecule has 1 unspecified atom stereocenters. The normalized spacial score (nSPS) is 12.0. The van der Waals surface area contributed by atoms with E-state index in [1.165, 1.54) is 4.90 Å². The van der Waals surface area contributed by atoms with Gasteiger partial charge in [0, 0.05) is 26.3 Å². The van der Waals surface area contributed by atoms with Crippen LogP contribution >= 0.6 is 0 Å². The van der Waals surface area contributed by atoms with Gasteiger partial charge in [0.15, 0.2) is 0 Å². The van der Waals surface area contributed by atoms with Gasteiger partial charge in [-0.25, -0.2) is 4.98 Å². The van der Waals surface area contributed by atoms with Crippen molar-refractivity contribution in [2.75, 3.05) is 25.5 Å². The number of aliphatic hydroxyl groups is 1. The lowest BCUT2D eigenvalue weighted by Gasteiger charge is -2.18. The molecule has 17 heavy (non-hydrogen) atoms. The highest BCUT2D eigenvalue weighted by molar-refractivity contribution is 5.93. The second-order valence-corrected chi connectivity index (χ2v) is 4.00. The summed E-state index contributed by atoms with van der Waals surface area (Å²) < 4.78 is 0. The molecule has 0 fully saturated rings. The predicted octanol–water partition coefficient (Wildman–Crippen LogP) is 0.966. The highest BCUT2D eigenvalue weighted by atomic mass is 16.3. The fraction of sp³-hybridized carbons (Fsp3) is 0.500. The minimum absolute atomic E-state index is 0.138. The van der Waals surface area contributed by atoms with E-state index in [0.717, 1.165) is 12.4 Å². The number of carbonyl (C=O) groups excluding carboxylic acids is 1. The molecule has 0 aliphatic heterocycles. The van der Waals surface area contributed by atoms with Crippen LogP contribution in [-0.4, -0.2) is 47.1 Å². The number of hydrogen-bond donors (Lipinski definition) is 2. The molecule has 1 aromatic heterocycles. The lowest BCUT2D eigenvalue weighted by molar-refractivity contribution is 0.0703. The monoisotopic (exact) mass is 237 g/mol. The van der Waals surface area contributed by atoms with E-state index in [1.807, 2.05) is 6.92 Å². The SMILES string of the molecule is CCNc1ccc(C(=O)N(C)CC(C)O)cn1. The Balaban J connectivity index is 2.69. The van der Waals surface area contributed by atoms with Gasteiger partial charge in [-0.3, -0.25) is 4.79 Å². The van der Waals surface area contributed by atoms with Gasteiger partial charge >= 0.3 is 0 Å². The molecule has 1 aromatic rings. The van der Waals surface area contributed by atoms with Crippen LogP contribution in [0.1, 0.15) is 24.2 Å². The van der Waals surface area contributed by atoms with Gasteiger partial charge in [-0.2, -0.15) is 0 Å². The lowest BCUT2D eigenvalue weighted by atomic mass is 10.2. The summed E-state index contributed by atoms with van der Waals surface area (Å²) in [6, 6.07) is 3.50. The zero-order valence-corrected chi connectivity index (χ0v) is 10.5. The molecule has 1 atom stereocenters. The van der Waals surface area contributed by atoms with Gasteiger partial charge in [-0.1, -0.05) is 0 Å². The lowest BCUT2D eigenvalue weighted by Crippen LogP contribution is -2.33. The number of hydrogen-bond acceptors (Lipinski definition) is 4. The minimum atomic E-state index is -0.530. The first-order chi connectivity index (χ1) is 8.04. The Morgan fingerprint density at radius 1 is 1.59 bits per heavy atom. The summed E-state index contributed by atoms with van der Waals surface area (Å²) in [7, 11) is 1.66. The van der Waals surface area contributed by atoms with Crippen molar-refractivity contribution in [1.82, 2.24) is 9.88 Å². The van der Waals surface area contributed by atoms with E-state index < -0.39 is 6.10 Å². The van der Waals surface area contributed by atoms with Crippen LogP contribution in [0, 0.1) is 0 Å². The van der Waals surface area contributed by atoms with Crippen molar-refractivity contribution in [3.05, 3.63) is 23.9 Å². The zero-order chi connectivity index (χ0) is 12.8. The van der Waals surface area contributed by atoms with E-state index in [2.05, 4.69) is 10.3 Å². The molecule has 0 radical (unpaired) electrons. The quantitative estimate of drug-likeness (QED) is 0.800. The number of likely N-dealkylation sites (N-methyl/N-ethyl adjacent to an activating group) is 1. The number of rotatable bonds is 5. The maximum Gasteiger partial charge on any atom is 0.255 e. The Bertz CT molecular complexity index is 363. The van der Waals surface area contributed by atoms with Crippen molar-refractivity contribution >= 4 is 11.7 Å². The van der Waals surface area contributed by atoms with Crippen molar-refractivity contribution < 1.29 is 9.90 Å². The van der Waals surface area contributed by atoms with Crippen LogP contribution in [0.3, 0.4) is 0 Å². The van der Waals surface area contributed by atoms with Gasteiger partial charge in [0.1, 0.15) is 5.82 Å². The Hall–Kier alpha value is -1.62. The number of nitrogens with zero attached hydrogens (tertiary/aromatic N) is 2. The summed E-state index contributed by atoms with van der Waals surface area (Å²) in [6.45, 7) is 4.74. The Kier molecular flexibility index (Phi) is 4.90. The molecule has 5 heteroatoms. The van der Waals surface area contributed by atoms with E-state index in [-0.39, 0.29) is 5.91 Å². The van der Waals surface area contributed by atoms with Gasteiger partial charge in [0.2, 0.25) is 0 Å². The van der Waals surface area contributed by atoms with E-state index in [4.69, 9.17) is 0 Å². The Morgan fingerprint density at radius 2 is 2.29 bits per heavy atom. The average Bonchev–Trinajstić information content (AvgIpc) is 2.28. The van der Waals surface area contributed by atoms with Crippen LogP contribution in [0.5, 0.6) is 0 Å². The van der Waals surface area contributed by atoms with Gasteiger partial charge in [0.05, 0.1) is 11.7 Å². The van der Waals surface area contributed by atoms with Gasteiger partial charge < -0.3 is 15.3 Å². The topological polar surface area (TPSA) is 65.5 Å². The van der Waals surface area contributed by atoms with Crippen LogP contribution in [-0.2, 0) is 0 Å². The van der Waals surface area contributed by atoms with E-state index >= 15 is 0 Å². The average molecular weight is 237 g/mol. The molecule has 1 rings (SSSR count). The fourth-order valence-electron chi connectivity index (χ4n) is 1.51. The number of carbonyl (C=O) groups is 1. The van der Waals surface area contributed by atoms with E-state index in [0.29, 0.717) is 12.1 Å². The molecule has 2 N–H and O–H groups in total. The molecule has 0 saturated carbocycles. The number of amides is 1. The predicted molar refractivity (Wildman–Crippen MR) is 67.0 cm³/mol. The van der Waals surface area contributed by atoms with Gasteiger partial charge in [0.25, 0.3) is 5.91 Å². The van der Waals surface area contributed by atoms with Gasteiger partial charge in [-0.15, -0.1) is 0 Å². The van der Waals surface area contributed by atoms with Crippen molar-refractivity contribution in [3.63, 3.8) is 0 Å². The number of nitrogens with one attached hydrogen (secondary N) is 1. The van der Waals surface area contributed by atoms with Crippen LogP contribution < -0.4 is 5.32 Å². The third-order valence-electron chi connectivity index (χ3n) is 2.25. The van der Waals surface area contributed by atoms with Crippen LogP contribution in [0.25, 0.3) is 0 Å². The summed E-state index contributed by atoms with van der Waals surface area (Å²) >= 11 is 0. The molecule has 0 aliphatic carbocycles. The number of pyridine rings is 1. The second kappa shape index (κ2) is 6.20. The molecule has 0 aromatic carbocycles. The second-order valence-electron chi connectivity index (χ2n) is 4.00. The molecule has 0 bridgehead atoms. The number of aliphatic hydroxyl groups excluding tert-OH is 1. The first kappa shape index (κ1) is 13.4.